The van der Waals surface area contributed by atoms with Crippen molar-refractivity contribution >= 4 is 17.6 Å². The van der Waals surface area contributed by atoms with Crippen LogP contribution >= 0.6 is 0 Å². The van der Waals surface area contributed by atoms with Gasteiger partial charge in [0.1, 0.15) is 5.69 Å². The summed E-state index contributed by atoms with van der Waals surface area (Å²) in [7, 11) is 2.91. The molecule has 94 valence electrons. The van der Waals surface area contributed by atoms with E-state index >= 15 is 0 Å². The van der Waals surface area contributed by atoms with E-state index in [1.165, 1.54) is 7.11 Å². The standard InChI is InChI=1S/C11H17N3O3/c1-13-10(15)4-3-5-14-7-8(12)6-9(14)11(16)17-2/h6-7H,3-5,12H2,1-2H3,(H,13,15). The first kappa shape index (κ1) is 13.1. The van der Waals surface area contributed by atoms with Crippen LogP contribution in [0.1, 0.15) is 23.3 Å². The van der Waals surface area contributed by atoms with Crippen molar-refractivity contribution < 1.29 is 14.3 Å². The van der Waals surface area contributed by atoms with Crippen molar-refractivity contribution in [2.75, 3.05) is 19.9 Å². The highest BCUT2D eigenvalue weighted by molar-refractivity contribution is 5.88. The van der Waals surface area contributed by atoms with E-state index < -0.39 is 5.97 Å². The summed E-state index contributed by atoms with van der Waals surface area (Å²) in [4.78, 5) is 22.5. The molecule has 0 fully saturated rings. The minimum atomic E-state index is -0.429. The summed E-state index contributed by atoms with van der Waals surface area (Å²) in [5, 5.41) is 2.54. The third kappa shape index (κ3) is 3.51. The van der Waals surface area contributed by atoms with Gasteiger partial charge in [0.05, 0.1) is 12.8 Å². The molecule has 0 aliphatic rings. The Kier molecular flexibility index (Phi) is 4.56. The van der Waals surface area contributed by atoms with Crippen LogP contribution in [0.4, 0.5) is 5.69 Å². The Morgan fingerprint density at radius 1 is 1.53 bits per heavy atom. The van der Waals surface area contributed by atoms with Crippen LogP contribution in [0.15, 0.2) is 12.3 Å². The SMILES string of the molecule is CNC(=O)CCCn1cc(N)cc1C(=O)OC. The van der Waals surface area contributed by atoms with Crippen molar-refractivity contribution in [2.45, 2.75) is 19.4 Å². The van der Waals surface area contributed by atoms with Gasteiger partial charge in [-0.05, 0) is 12.5 Å². The number of anilines is 1. The Labute approximate surface area is 99.7 Å². The van der Waals surface area contributed by atoms with Gasteiger partial charge in [-0.15, -0.1) is 0 Å². The smallest absolute Gasteiger partial charge is 0.354 e. The van der Waals surface area contributed by atoms with Crippen molar-refractivity contribution in [2.24, 2.45) is 0 Å². The summed E-state index contributed by atoms with van der Waals surface area (Å²) < 4.78 is 6.34. The predicted molar refractivity (Wildman–Crippen MR) is 63.5 cm³/mol. The van der Waals surface area contributed by atoms with E-state index in [1.807, 2.05) is 0 Å². The summed E-state index contributed by atoms with van der Waals surface area (Å²) in [6, 6.07) is 1.56. The van der Waals surface area contributed by atoms with Gasteiger partial charge >= 0.3 is 5.97 Å². The maximum absolute atomic E-state index is 11.4. The molecular formula is C11H17N3O3. The molecule has 1 heterocycles. The summed E-state index contributed by atoms with van der Waals surface area (Å²) in [5.74, 6) is -0.452. The number of hydrogen-bond acceptors (Lipinski definition) is 4. The summed E-state index contributed by atoms with van der Waals surface area (Å²) >= 11 is 0. The van der Waals surface area contributed by atoms with Crippen LogP contribution in [0.3, 0.4) is 0 Å². The molecule has 0 aromatic carbocycles. The minimum Gasteiger partial charge on any atom is -0.464 e. The zero-order chi connectivity index (χ0) is 12.8. The van der Waals surface area contributed by atoms with Crippen molar-refractivity contribution in [1.82, 2.24) is 9.88 Å². The van der Waals surface area contributed by atoms with Crippen LogP contribution in [-0.2, 0) is 16.1 Å². The Balaban J connectivity index is 2.64. The zero-order valence-corrected chi connectivity index (χ0v) is 10.0. The number of amides is 1. The number of carbonyl (C=O) groups excluding carboxylic acids is 2. The van der Waals surface area contributed by atoms with Crippen LogP contribution in [0.25, 0.3) is 0 Å². The van der Waals surface area contributed by atoms with Crippen molar-refractivity contribution in [3.05, 3.63) is 18.0 Å². The maximum atomic E-state index is 11.4. The molecule has 0 unspecified atom stereocenters. The molecule has 0 spiro atoms. The largest absolute Gasteiger partial charge is 0.464 e. The predicted octanol–water partition coefficient (Wildman–Crippen LogP) is 0.383. The lowest BCUT2D eigenvalue weighted by molar-refractivity contribution is -0.120. The molecule has 1 aromatic rings. The molecule has 1 aromatic heterocycles. The molecule has 0 bridgehead atoms. The summed E-state index contributed by atoms with van der Waals surface area (Å²) in [6.45, 7) is 0.551. The molecule has 6 nitrogen and oxygen atoms in total. The van der Waals surface area contributed by atoms with E-state index in [4.69, 9.17) is 5.73 Å². The van der Waals surface area contributed by atoms with Crippen molar-refractivity contribution in [3.63, 3.8) is 0 Å². The molecule has 0 saturated heterocycles. The number of nitrogen functional groups attached to an aromatic ring is 1. The average Bonchev–Trinajstić information content (AvgIpc) is 2.69. The number of esters is 1. The Hall–Kier alpha value is -1.98. The molecule has 0 radical (unpaired) electrons. The van der Waals surface area contributed by atoms with Gasteiger partial charge in [0.15, 0.2) is 0 Å². The number of hydrogen-bond donors (Lipinski definition) is 2. The molecular weight excluding hydrogens is 222 g/mol. The van der Waals surface area contributed by atoms with Crippen LogP contribution < -0.4 is 11.1 Å². The van der Waals surface area contributed by atoms with Crippen molar-refractivity contribution in [1.29, 1.82) is 0 Å². The van der Waals surface area contributed by atoms with Gasteiger partial charge < -0.3 is 20.4 Å². The third-order valence-electron chi connectivity index (χ3n) is 2.39. The number of rotatable bonds is 5. The highest BCUT2D eigenvalue weighted by Gasteiger charge is 2.13. The quantitative estimate of drug-likeness (QED) is 0.727. The third-order valence-corrected chi connectivity index (χ3v) is 2.39. The summed E-state index contributed by atoms with van der Waals surface area (Å²) in [6.07, 6.45) is 2.71. The highest BCUT2D eigenvalue weighted by atomic mass is 16.5. The van der Waals surface area contributed by atoms with Gasteiger partial charge in [-0.2, -0.15) is 0 Å². The number of aryl methyl sites for hydroxylation is 1. The van der Waals surface area contributed by atoms with E-state index in [0.717, 1.165) is 0 Å². The Morgan fingerprint density at radius 3 is 2.82 bits per heavy atom. The number of methoxy groups -OCH3 is 1. The fourth-order valence-corrected chi connectivity index (χ4v) is 1.53. The molecule has 0 saturated carbocycles. The first-order valence-corrected chi connectivity index (χ1v) is 5.33. The Bertz CT molecular complexity index is 412. The van der Waals surface area contributed by atoms with Gasteiger partial charge in [0, 0.05) is 26.2 Å². The first-order valence-electron chi connectivity index (χ1n) is 5.33. The van der Waals surface area contributed by atoms with Gasteiger partial charge in [0.2, 0.25) is 5.91 Å². The van der Waals surface area contributed by atoms with Gasteiger partial charge in [-0.3, -0.25) is 4.79 Å². The second kappa shape index (κ2) is 5.93. The highest BCUT2D eigenvalue weighted by Crippen LogP contribution is 2.12. The molecule has 0 aliphatic heterocycles. The monoisotopic (exact) mass is 239 g/mol. The van der Waals surface area contributed by atoms with Gasteiger partial charge in [-0.25, -0.2) is 4.79 Å². The minimum absolute atomic E-state index is 0.0234. The van der Waals surface area contributed by atoms with Crippen LogP contribution in [0.2, 0.25) is 0 Å². The number of nitrogens with one attached hydrogen (secondary N) is 1. The van der Waals surface area contributed by atoms with E-state index in [1.54, 1.807) is 23.9 Å². The zero-order valence-electron chi connectivity index (χ0n) is 10.0. The van der Waals surface area contributed by atoms with Crippen molar-refractivity contribution in [3.8, 4) is 0 Å². The van der Waals surface area contributed by atoms with E-state index in [2.05, 4.69) is 10.1 Å². The maximum Gasteiger partial charge on any atom is 0.354 e. The molecule has 6 heteroatoms. The van der Waals surface area contributed by atoms with E-state index in [0.29, 0.717) is 30.8 Å². The van der Waals surface area contributed by atoms with Gasteiger partial charge in [-0.1, -0.05) is 0 Å². The number of nitrogens with two attached hydrogens (primary N) is 1. The fraction of sp³-hybridized carbons (Fsp3) is 0.455. The number of carbonyl (C=O) groups is 2. The lowest BCUT2D eigenvalue weighted by atomic mass is 10.3. The second-order valence-corrected chi connectivity index (χ2v) is 3.62. The van der Waals surface area contributed by atoms with Gasteiger partial charge in [0.25, 0.3) is 0 Å². The van der Waals surface area contributed by atoms with Crippen LogP contribution in [-0.4, -0.2) is 30.6 Å². The lowest BCUT2D eigenvalue weighted by Gasteiger charge is -2.06. The number of nitrogens with zero attached hydrogens (tertiary/aromatic N) is 1. The Morgan fingerprint density at radius 2 is 2.24 bits per heavy atom. The number of aromatic nitrogens is 1. The van der Waals surface area contributed by atoms with E-state index in [9.17, 15) is 9.59 Å². The molecule has 0 aliphatic carbocycles. The average molecular weight is 239 g/mol. The topological polar surface area (TPSA) is 86.4 Å². The molecule has 0 atom stereocenters. The number of ether oxygens (including phenoxy) is 1. The molecule has 1 amide bonds. The van der Waals surface area contributed by atoms with E-state index in [-0.39, 0.29) is 5.91 Å². The first-order chi connectivity index (χ1) is 8.08. The second-order valence-electron chi connectivity index (χ2n) is 3.62. The molecule has 1 rings (SSSR count). The normalized spacial score (nSPS) is 10.0. The fourth-order valence-electron chi connectivity index (χ4n) is 1.53. The van der Waals surface area contributed by atoms with Crippen LogP contribution in [0, 0.1) is 0 Å². The molecule has 17 heavy (non-hydrogen) atoms. The summed E-state index contributed by atoms with van der Waals surface area (Å²) in [5.41, 5.74) is 6.53. The lowest BCUT2D eigenvalue weighted by Crippen LogP contribution is -2.18. The molecule has 3 N–H and O–H groups in total. The van der Waals surface area contributed by atoms with Crippen LogP contribution in [0.5, 0.6) is 0 Å².